The number of hydrogen-bond donors (Lipinski definition) is 1. The smallest absolute Gasteiger partial charge is 0.267 e. The maximum atomic E-state index is 13.2. The van der Waals surface area contributed by atoms with Gasteiger partial charge in [-0.25, -0.2) is 9.07 Å². The molecule has 0 fully saturated rings. The van der Waals surface area contributed by atoms with Gasteiger partial charge in [0, 0.05) is 11.6 Å². The number of rotatable bonds is 6. The van der Waals surface area contributed by atoms with E-state index in [0.717, 1.165) is 15.8 Å². The maximum Gasteiger partial charge on any atom is 0.267 e. The number of hydrogen-bond acceptors (Lipinski definition) is 3. The Morgan fingerprint density at radius 3 is 2.00 bits per heavy atom. The first-order valence-electron chi connectivity index (χ1n) is 9.83. The lowest BCUT2D eigenvalue weighted by Crippen LogP contribution is -2.36. The molecule has 31 heavy (non-hydrogen) atoms. The molecule has 0 bridgehead atoms. The Labute approximate surface area is 178 Å². The van der Waals surface area contributed by atoms with Crippen LogP contribution in [0.4, 0.5) is 4.39 Å². The van der Waals surface area contributed by atoms with Gasteiger partial charge < -0.3 is 5.32 Å². The second-order valence-electron chi connectivity index (χ2n) is 7.04. The largest absolute Gasteiger partial charge is 0.344 e. The molecule has 0 atom stereocenters. The summed E-state index contributed by atoms with van der Waals surface area (Å²) >= 11 is 0. The molecule has 5 nitrogen and oxygen atoms in total. The van der Waals surface area contributed by atoms with Crippen LogP contribution in [0.2, 0.25) is 0 Å². The summed E-state index contributed by atoms with van der Waals surface area (Å²) in [6, 6.07) is 27.6. The van der Waals surface area contributed by atoms with E-state index in [0.29, 0.717) is 11.3 Å². The first kappa shape index (κ1) is 20.2. The van der Waals surface area contributed by atoms with E-state index in [9.17, 15) is 14.0 Å². The monoisotopic (exact) mass is 413 g/mol. The van der Waals surface area contributed by atoms with Crippen LogP contribution in [0.15, 0.2) is 102 Å². The van der Waals surface area contributed by atoms with E-state index in [4.69, 9.17) is 0 Å². The summed E-state index contributed by atoms with van der Waals surface area (Å²) in [6.07, 6.45) is 0. The van der Waals surface area contributed by atoms with Crippen molar-refractivity contribution in [1.82, 2.24) is 15.1 Å². The Balaban J connectivity index is 1.58. The lowest BCUT2D eigenvalue weighted by atomic mass is 9.99. The van der Waals surface area contributed by atoms with Crippen LogP contribution < -0.4 is 10.9 Å². The fourth-order valence-corrected chi connectivity index (χ4v) is 3.33. The second-order valence-corrected chi connectivity index (χ2v) is 7.04. The van der Waals surface area contributed by atoms with Crippen molar-refractivity contribution in [1.29, 1.82) is 0 Å². The molecule has 0 saturated carbocycles. The van der Waals surface area contributed by atoms with Crippen LogP contribution in [0, 0.1) is 5.82 Å². The fourth-order valence-electron chi connectivity index (χ4n) is 3.33. The van der Waals surface area contributed by atoms with Crippen molar-refractivity contribution in [3.63, 3.8) is 0 Å². The van der Waals surface area contributed by atoms with Gasteiger partial charge in [0.25, 0.3) is 5.56 Å². The summed E-state index contributed by atoms with van der Waals surface area (Å²) in [7, 11) is 0. The number of nitrogens with zero attached hydrogens (tertiary/aromatic N) is 2. The Bertz CT molecular complexity index is 1180. The maximum absolute atomic E-state index is 13.2. The Hall–Kier alpha value is -4.06. The van der Waals surface area contributed by atoms with Crippen molar-refractivity contribution >= 4 is 5.91 Å². The average molecular weight is 413 g/mol. The molecule has 6 heteroatoms. The number of carbonyl (C=O) groups is 1. The predicted molar refractivity (Wildman–Crippen MR) is 117 cm³/mol. The lowest BCUT2D eigenvalue weighted by molar-refractivity contribution is -0.122. The van der Waals surface area contributed by atoms with Gasteiger partial charge in [-0.1, -0.05) is 60.7 Å². The molecule has 0 unspecified atom stereocenters. The third-order valence-electron chi connectivity index (χ3n) is 4.87. The number of aromatic nitrogens is 2. The molecule has 3 aromatic carbocycles. The molecule has 4 aromatic rings. The van der Waals surface area contributed by atoms with Crippen molar-refractivity contribution in [2.45, 2.75) is 12.6 Å². The third-order valence-corrected chi connectivity index (χ3v) is 4.87. The number of nitrogens with one attached hydrogen (secondary N) is 1. The van der Waals surface area contributed by atoms with Crippen LogP contribution in [-0.2, 0) is 11.3 Å². The highest BCUT2D eigenvalue weighted by Gasteiger charge is 2.17. The topological polar surface area (TPSA) is 64.0 Å². The Morgan fingerprint density at radius 1 is 0.839 bits per heavy atom. The van der Waals surface area contributed by atoms with Gasteiger partial charge in [0.1, 0.15) is 12.4 Å². The first-order chi connectivity index (χ1) is 15.1. The zero-order chi connectivity index (χ0) is 21.6. The van der Waals surface area contributed by atoms with Gasteiger partial charge in [-0.15, -0.1) is 0 Å². The molecule has 0 radical (unpaired) electrons. The van der Waals surface area contributed by atoms with Gasteiger partial charge in [-0.2, -0.15) is 5.10 Å². The number of amides is 1. The van der Waals surface area contributed by atoms with Crippen LogP contribution in [0.5, 0.6) is 0 Å². The SMILES string of the molecule is O=C(Cn1nc(-c2ccc(F)cc2)ccc1=O)NC(c1ccccc1)c1ccccc1. The van der Waals surface area contributed by atoms with Crippen LogP contribution in [0.25, 0.3) is 11.3 Å². The zero-order valence-corrected chi connectivity index (χ0v) is 16.6. The van der Waals surface area contributed by atoms with Crippen molar-refractivity contribution in [3.8, 4) is 11.3 Å². The number of halogens is 1. The van der Waals surface area contributed by atoms with Gasteiger partial charge in [-0.3, -0.25) is 9.59 Å². The lowest BCUT2D eigenvalue weighted by Gasteiger charge is -2.20. The summed E-state index contributed by atoms with van der Waals surface area (Å²) in [6.45, 7) is -0.232. The Kier molecular flexibility index (Phi) is 5.98. The van der Waals surface area contributed by atoms with Crippen LogP contribution in [0.3, 0.4) is 0 Å². The van der Waals surface area contributed by atoms with Crippen molar-refractivity contribution in [3.05, 3.63) is 124 Å². The van der Waals surface area contributed by atoms with Crippen molar-refractivity contribution in [2.24, 2.45) is 0 Å². The molecule has 154 valence electrons. The highest BCUT2D eigenvalue weighted by Crippen LogP contribution is 2.21. The van der Waals surface area contributed by atoms with Crippen LogP contribution >= 0.6 is 0 Å². The van der Waals surface area contributed by atoms with Gasteiger partial charge in [0.05, 0.1) is 11.7 Å². The first-order valence-corrected chi connectivity index (χ1v) is 9.83. The van der Waals surface area contributed by atoms with E-state index >= 15 is 0 Å². The van der Waals surface area contributed by atoms with Gasteiger partial charge in [0.2, 0.25) is 5.91 Å². The molecule has 1 amide bonds. The number of benzene rings is 3. The molecule has 4 rings (SSSR count). The van der Waals surface area contributed by atoms with E-state index in [2.05, 4.69) is 10.4 Å². The summed E-state index contributed by atoms with van der Waals surface area (Å²) in [5.74, 6) is -0.701. The number of carbonyl (C=O) groups excluding carboxylic acids is 1. The molecule has 1 aromatic heterocycles. The summed E-state index contributed by atoms with van der Waals surface area (Å²) in [4.78, 5) is 25.1. The normalized spacial score (nSPS) is 10.8. The van der Waals surface area contributed by atoms with Crippen LogP contribution in [-0.4, -0.2) is 15.7 Å². The second kappa shape index (κ2) is 9.17. The van der Waals surface area contributed by atoms with Gasteiger partial charge in [-0.05, 0) is 41.5 Å². The third kappa shape index (κ3) is 4.93. The molecular formula is C25H20FN3O2. The van der Waals surface area contributed by atoms with E-state index in [-0.39, 0.29) is 24.3 Å². The molecule has 1 heterocycles. The minimum atomic E-state index is -0.392. The summed E-state index contributed by atoms with van der Waals surface area (Å²) < 4.78 is 14.3. The highest BCUT2D eigenvalue weighted by atomic mass is 19.1. The predicted octanol–water partition coefficient (Wildman–Crippen LogP) is 3.96. The molecule has 0 aliphatic rings. The molecule has 0 aliphatic heterocycles. The summed E-state index contributed by atoms with van der Waals surface area (Å²) in [5, 5.41) is 7.29. The van der Waals surface area contributed by atoms with E-state index in [1.54, 1.807) is 18.2 Å². The Morgan fingerprint density at radius 2 is 1.42 bits per heavy atom. The zero-order valence-electron chi connectivity index (χ0n) is 16.6. The molecule has 0 spiro atoms. The minimum absolute atomic E-state index is 0.232. The van der Waals surface area contributed by atoms with Gasteiger partial charge >= 0.3 is 0 Å². The molecular weight excluding hydrogens is 393 g/mol. The quantitative estimate of drug-likeness (QED) is 0.521. The minimum Gasteiger partial charge on any atom is -0.344 e. The van der Waals surface area contributed by atoms with Crippen LogP contribution in [0.1, 0.15) is 17.2 Å². The standard InChI is InChI=1S/C25H20FN3O2/c26-21-13-11-18(12-14-21)22-15-16-24(31)29(28-22)17-23(30)27-25(19-7-3-1-4-8-19)20-9-5-2-6-10-20/h1-16,25H,17H2,(H,27,30). The van der Waals surface area contributed by atoms with Crippen molar-refractivity contribution in [2.75, 3.05) is 0 Å². The van der Waals surface area contributed by atoms with E-state index in [1.165, 1.54) is 18.2 Å². The van der Waals surface area contributed by atoms with Crippen molar-refractivity contribution < 1.29 is 9.18 Å². The average Bonchev–Trinajstić information content (AvgIpc) is 2.81. The highest BCUT2D eigenvalue weighted by molar-refractivity contribution is 5.76. The van der Waals surface area contributed by atoms with E-state index < -0.39 is 5.56 Å². The summed E-state index contributed by atoms with van der Waals surface area (Å²) in [5.41, 5.74) is 2.61. The van der Waals surface area contributed by atoms with E-state index in [1.807, 2.05) is 60.7 Å². The van der Waals surface area contributed by atoms with Gasteiger partial charge in [0.15, 0.2) is 0 Å². The fraction of sp³-hybridized carbons (Fsp3) is 0.0800. The molecule has 0 aliphatic carbocycles. The molecule has 0 saturated heterocycles. The molecule has 1 N–H and O–H groups in total.